The first-order valence-corrected chi connectivity index (χ1v) is 10.2. The largest absolute Gasteiger partial charge is 0.376 e. The Kier molecular flexibility index (Phi) is 5.03. The van der Waals surface area contributed by atoms with Gasteiger partial charge in [-0.2, -0.15) is 0 Å². The molecular weight excluding hydrogens is 380 g/mol. The SMILES string of the molecule is CC(C)NC(=O)Cn1c(=O)n(C[C@H]2CCCO2)c(=O)c2sc3ncccc3c21. The van der Waals surface area contributed by atoms with Crippen molar-refractivity contribution in [3.8, 4) is 0 Å². The van der Waals surface area contributed by atoms with Crippen LogP contribution in [0.15, 0.2) is 27.9 Å². The van der Waals surface area contributed by atoms with E-state index in [0.717, 1.165) is 12.8 Å². The van der Waals surface area contributed by atoms with Crippen LogP contribution in [0.5, 0.6) is 0 Å². The fourth-order valence-electron chi connectivity index (χ4n) is 3.59. The number of hydrogen-bond acceptors (Lipinski definition) is 6. The number of carbonyl (C=O) groups is 1. The average molecular weight is 402 g/mol. The maximum Gasteiger partial charge on any atom is 0.332 e. The molecule has 0 saturated carbocycles. The zero-order valence-corrected chi connectivity index (χ0v) is 16.6. The molecule has 0 aromatic carbocycles. The first-order valence-electron chi connectivity index (χ1n) is 9.37. The van der Waals surface area contributed by atoms with E-state index < -0.39 is 5.69 Å². The van der Waals surface area contributed by atoms with E-state index >= 15 is 0 Å². The van der Waals surface area contributed by atoms with E-state index in [1.807, 2.05) is 19.9 Å². The summed E-state index contributed by atoms with van der Waals surface area (Å²) in [7, 11) is 0. The van der Waals surface area contributed by atoms with Crippen molar-refractivity contribution in [2.24, 2.45) is 0 Å². The van der Waals surface area contributed by atoms with Gasteiger partial charge in [0.05, 0.1) is 18.2 Å². The van der Waals surface area contributed by atoms with Gasteiger partial charge in [0.2, 0.25) is 5.91 Å². The number of aromatic nitrogens is 3. The van der Waals surface area contributed by atoms with Crippen LogP contribution < -0.4 is 16.6 Å². The highest BCUT2D eigenvalue weighted by Gasteiger charge is 2.23. The number of amides is 1. The van der Waals surface area contributed by atoms with Crippen molar-refractivity contribution in [1.82, 2.24) is 19.4 Å². The second-order valence-electron chi connectivity index (χ2n) is 7.28. The van der Waals surface area contributed by atoms with Gasteiger partial charge in [-0.25, -0.2) is 9.78 Å². The molecule has 1 atom stereocenters. The van der Waals surface area contributed by atoms with Crippen LogP contribution in [-0.2, 0) is 22.6 Å². The van der Waals surface area contributed by atoms with E-state index in [1.165, 1.54) is 20.5 Å². The highest BCUT2D eigenvalue weighted by molar-refractivity contribution is 7.25. The van der Waals surface area contributed by atoms with Crippen LogP contribution >= 0.6 is 11.3 Å². The Hall–Kier alpha value is -2.52. The topological polar surface area (TPSA) is 95.2 Å². The summed E-state index contributed by atoms with van der Waals surface area (Å²) in [6.07, 6.45) is 3.22. The molecular formula is C19H22N4O4S. The summed E-state index contributed by atoms with van der Waals surface area (Å²) in [5.41, 5.74) is -0.361. The summed E-state index contributed by atoms with van der Waals surface area (Å²) in [5, 5.41) is 3.51. The standard InChI is InChI=1S/C19H22N4O4S/c1-11(2)21-14(24)10-22-15-13-6-3-7-20-17(13)28-16(15)18(25)23(19(22)26)9-12-5-4-8-27-12/h3,6-7,11-12H,4-5,8-10H2,1-2H3,(H,21,24)/t12-/m1/s1. The fourth-order valence-corrected chi connectivity index (χ4v) is 4.69. The summed E-state index contributed by atoms with van der Waals surface area (Å²) in [6, 6.07) is 3.54. The maximum atomic E-state index is 13.2. The van der Waals surface area contributed by atoms with Crippen molar-refractivity contribution in [1.29, 1.82) is 0 Å². The van der Waals surface area contributed by atoms with Gasteiger partial charge >= 0.3 is 5.69 Å². The predicted octanol–water partition coefficient (Wildman–Crippen LogP) is 1.48. The van der Waals surface area contributed by atoms with Gasteiger partial charge in [-0.1, -0.05) is 0 Å². The van der Waals surface area contributed by atoms with Crippen LogP contribution in [0.25, 0.3) is 20.4 Å². The molecule has 1 aliphatic heterocycles. The lowest BCUT2D eigenvalue weighted by Gasteiger charge is -2.15. The van der Waals surface area contributed by atoms with Crippen LogP contribution in [0.4, 0.5) is 0 Å². The number of ether oxygens (including phenoxy) is 1. The maximum absolute atomic E-state index is 13.2. The third-order valence-electron chi connectivity index (χ3n) is 4.77. The van der Waals surface area contributed by atoms with Crippen molar-refractivity contribution in [3.05, 3.63) is 39.2 Å². The van der Waals surface area contributed by atoms with Crippen molar-refractivity contribution in [2.45, 2.75) is 51.9 Å². The lowest BCUT2D eigenvalue weighted by molar-refractivity contribution is -0.122. The smallest absolute Gasteiger partial charge is 0.332 e. The van der Waals surface area contributed by atoms with Gasteiger partial charge in [-0.3, -0.25) is 18.7 Å². The van der Waals surface area contributed by atoms with Crippen molar-refractivity contribution in [2.75, 3.05) is 6.61 Å². The molecule has 0 aliphatic carbocycles. The Morgan fingerprint density at radius 3 is 2.93 bits per heavy atom. The molecule has 1 amide bonds. The fraction of sp³-hybridized carbons (Fsp3) is 0.474. The van der Waals surface area contributed by atoms with E-state index in [1.54, 1.807) is 12.3 Å². The van der Waals surface area contributed by atoms with Crippen LogP contribution in [0, 0.1) is 0 Å². The molecule has 0 unspecified atom stereocenters. The normalized spacial score (nSPS) is 17.0. The molecule has 1 N–H and O–H groups in total. The Balaban J connectivity index is 1.93. The summed E-state index contributed by atoms with van der Waals surface area (Å²) < 4.78 is 8.65. The van der Waals surface area contributed by atoms with Crippen LogP contribution in [0.1, 0.15) is 26.7 Å². The Labute approximate surface area is 164 Å². The number of carbonyl (C=O) groups excluding carboxylic acids is 1. The van der Waals surface area contributed by atoms with E-state index in [2.05, 4.69) is 10.3 Å². The molecule has 0 spiro atoms. The minimum absolute atomic E-state index is 0.0441. The van der Waals surface area contributed by atoms with E-state index in [4.69, 9.17) is 4.74 Å². The minimum Gasteiger partial charge on any atom is -0.376 e. The third-order valence-corrected chi connectivity index (χ3v) is 5.86. The van der Waals surface area contributed by atoms with Crippen LogP contribution in [0.3, 0.4) is 0 Å². The Morgan fingerprint density at radius 2 is 2.21 bits per heavy atom. The minimum atomic E-state index is -0.490. The molecule has 0 radical (unpaired) electrons. The molecule has 0 bridgehead atoms. The van der Waals surface area contributed by atoms with Gasteiger partial charge in [-0.15, -0.1) is 11.3 Å². The molecule has 9 heteroatoms. The molecule has 1 fully saturated rings. The Morgan fingerprint density at radius 1 is 1.39 bits per heavy atom. The molecule has 3 aromatic rings. The van der Waals surface area contributed by atoms with Crippen molar-refractivity contribution < 1.29 is 9.53 Å². The number of hydrogen-bond donors (Lipinski definition) is 1. The summed E-state index contributed by atoms with van der Waals surface area (Å²) in [6.45, 7) is 4.40. The second kappa shape index (κ2) is 7.48. The summed E-state index contributed by atoms with van der Waals surface area (Å²) >= 11 is 1.25. The van der Waals surface area contributed by atoms with Gasteiger partial charge in [0.1, 0.15) is 16.1 Å². The van der Waals surface area contributed by atoms with E-state index in [9.17, 15) is 14.4 Å². The molecule has 8 nitrogen and oxygen atoms in total. The number of nitrogens with zero attached hydrogens (tertiary/aromatic N) is 3. The highest BCUT2D eigenvalue weighted by atomic mass is 32.1. The molecule has 1 saturated heterocycles. The zero-order valence-electron chi connectivity index (χ0n) is 15.8. The number of rotatable bonds is 5. The lowest BCUT2D eigenvalue weighted by Crippen LogP contribution is -2.44. The van der Waals surface area contributed by atoms with Gasteiger partial charge in [0, 0.05) is 24.2 Å². The molecule has 4 heterocycles. The lowest BCUT2D eigenvalue weighted by atomic mass is 10.2. The zero-order chi connectivity index (χ0) is 19.8. The van der Waals surface area contributed by atoms with Gasteiger partial charge in [-0.05, 0) is 38.8 Å². The molecule has 1 aliphatic rings. The summed E-state index contributed by atoms with van der Waals surface area (Å²) in [5.74, 6) is -0.274. The molecule has 3 aromatic heterocycles. The average Bonchev–Trinajstić information content (AvgIpc) is 3.29. The molecule has 28 heavy (non-hydrogen) atoms. The predicted molar refractivity (Wildman–Crippen MR) is 108 cm³/mol. The molecule has 4 rings (SSSR count). The third kappa shape index (κ3) is 3.35. The highest BCUT2D eigenvalue weighted by Crippen LogP contribution is 2.29. The number of pyridine rings is 1. The van der Waals surface area contributed by atoms with Crippen molar-refractivity contribution >= 4 is 37.7 Å². The molecule has 148 valence electrons. The van der Waals surface area contributed by atoms with Gasteiger partial charge in [0.25, 0.3) is 5.56 Å². The van der Waals surface area contributed by atoms with Gasteiger partial charge in [0.15, 0.2) is 0 Å². The quantitative estimate of drug-likeness (QED) is 0.697. The van der Waals surface area contributed by atoms with Gasteiger partial charge < -0.3 is 10.1 Å². The summed E-state index contributed by atoms with van der Waals surface area (Å²) in [4.78, 5) is 43.7. The monoisotopic (exact) mass is 402 g/mol. The number of fused-ring (bicyclic) bond motifs is 3. The van der Waals surface area contributed by atoms with E-state index in [0.29, 0.717) is 27.0 Å². The number of thiophene rings is 1. The first-order chi connectivity index (χ1) is 13.5. The Bertz CT molecular complexity index is 1150. The van der Waals surface area contributed by atoms with E-state index in [-0.39, 0.29) is 36.7 Å². The van der Waals surface area contributed by atoms with Crippen molar-refractivity contribution in [3.63, 3.8) is 0 Å². The second-order valence-corrected chi connectivity index (χ2v) is 8.28. The first kappa shape index (κ1) is 18.8. The van der Waals surface area contributed by atoms with Crippen LogP contribution in [-0.4, -0.2) is 38.8 Å². The van der Waals surface area contributed by atoms with Crippen LogP contribution in [0.2, 0.25) is 0 Å². The number of nitrogens with one attached hydrogen (secondary N) is 1.